The maximum absolute atomic E-state index is 4.28. The monoisotopic (exact) mass is 186 g/mol. The summed E-state index contributed by atoms with van der Waals surface area (Å²) >= 11 is 0. The maximum atomic E-state index is 4.28. The zero-order valence-electron chi connectivity index (χ0n) is 7.81. The van der Waals surface area contributed by atoms with E-state index in [0.29, 0.717) is 5.95 Å². The maximum Gasteiger partial charge on any atom is 0.222 e. The third-order valence-corrected chi connectivity index (χ3v) is 1.81. The van der Waals surface area contributed by atoms with E-state index < -0.39 is 0 Å². The molecule has 1 N–H and O–H groups in total. The van der Waals surface area contributed by atoms with Crippen molar-refractivity contribution in [1.29, 1.82) is 0 Å². The molecule has 0 radical (unpaired) electrons. The van der Waals surface area contributed by atoms with E-state index in [1.807, 2.05) is 24.3 Å². The van der Waals surface area contributed by atoms with Crippen LogP contribution >= 0.6 is 0 Å². The van der Waals surface area contributed by atoms with Gasteiger partial charge in [0.25, 0.3) is 0 Å². The van der Waals surface area contributed by atoms with E-state index in [1.165, 1.54) is 0 Å². The molecule has 0 unspecified atom stereocenters. The predicted octanol–water partition coefficient (Wildman–Crippen LogP) is 1.58. The normalized spacial score (nSPS) is 9.79. The van der Waals surface area contributed by atoms with Gasteiger partial charge in [-0.05, 0) is 18.2 Å². The van der Waals surface area contributed by atoms with Crippen LogP contribution in [0.4, 0.5) is 5.95 Å². The van der Waals surface area contributed by atoms with Gasteiger partial charge in [0.2, 0.25) is 5.95 Å². The van der Waals surface area contributed by atoms with Crippen molar-refractivity contribution in [3.8, 4) is 11.4 Å². The third-order valence-electron chi connectivity index (χ3n) is 1.81. The van der Waals surface area contributed by atoms with Crippen molar-refractivity contribution in [3.63, 3.8) is 0 Å². The molecule has 0 fully saturated rings. The Morgan fingerprint density at radius 3 is 2.64 bits per heavy atom. The van der Waals surface area contributed by atoms with Gasteiger partial charge in [-0.15, -0.1) is 0 Å². The summed E-state index contributed by atoms with van der Waals surface area (Å²) in [6.45, 7) is 0. The summed E-state index contributed by atoms with van der Waals surface area (Å²) in [6.07, 6.45) is 3.46. The van der Waals surface area contributed by atoms with Gasteiger partial charge in [0.1, 0.15) is 0 Å². The van der Waals surface area contributed by atoms with Crippen molar-refractivity contribution < 1.29 is 0 Å². The number of nitrogens with zero attached hydrogens (tertiary/aromatic N) is 3. The molecule has 0 saturated heterocycles. The minimum Gasteiger partial charge on any atom is -0.357 e. The number of nitrogens with one attached hydrogen (secondary N) is 1. The van der Waals surface area contributed by atoms with Crippen LogP contribution in [0.2, 0.25) is 0 Å². The molecule has 0 bridgehead atoms. The Morgan fingerprint density at radius 1 is 1.00 bits per heavy atom. The van der Waals surface area contributed by atoms with Crippen LogP contribution in [-0.2, 0) is 0 Å². The van der Waals surface area contributed by atoms with Gasteiger partial charge in [-0.25, -0.2) is 9.97 Å². The molecule has 0 aliphatic heterocycles. The number of hydrogen-bond acceptors (Lipinski definition) is 4. The molecule has 0 saturated carbocycles. The van der Waals surface area contributed by atoms with Gasteiger partial charge in [-0.1, -0.05) is 6.07 Å². The predicted molar refractivity (Wildman–Crippen MR) is 54.8 cm³/mol. The Bertz CT molecular complexity index is 413. The van der Waals surface area contributed by atoms with Gasteiger partial charge >= 0.3 is 0 Å². The highest BCUT2D eigenvalue weighted by atomic mass is 15.1. The van der Waals surface area contributed by atoms with E-state index in [4.69, 9.17) is 0 Å². The van der Waals surface area contributed by atoms with Gasteiger partial charge in [-0.2, -0.15) is 0 Å². The Kier molecular flexibility index (Phi) is 2.36. The molecule has 0 aromatic carbocycles. The van der Waals surface area contributed by atoms with Gasteiger partial charge in [0.15, 0.2) is 0 Å². The molecule has 2 heterocycles. The smallest absolute Gasteiger partial charge is 0.222 e. The first-order valence-electron chi connectivity index (χ1n) is 4.32. The zero-order chi connectivity index (χ0) is 9.80. The lowest BCUT2D eigenvalue weighted by Gasteiger charge is -2.01. The van der Waals surface area contributed by atoms with Crippen LogP contribution in [0.5, 0.6) is 0 Å². The summed E-state index contributed by atoms with van der Waals surface area (Å²) in [5.74, 6) is 0.605. The molecular formula is C10H10N4. The van der Waals surface area contributed by atoms with Crippen LogP contribution in [0.3, 0.4) is 0 Å². The number of anilines is 1. The summed E-state index contributed by atoms with van der Waals surface area (Å²) in [6, 6.07) is 7.57. The fourth-order valence-electron chi connectivity index (χ4n) is 1.14. The summed E-state index contributed by atoms with van der Waals surface area (Å²) in [4.78, 5) is 12.5. The minimum absolute atomic E-state index is 0.605. The van der Waals surface area contributed by atoms with Crippen LogP contribution in [-0.4, -0.2) is 22.0 Å². The summed E-state index contributed by atoms with van der Waals surface area (Å²) in [5, 5.41) is 2.89. The van der Waals surface area contributed by atoms with E-state index in [9.17, 15) is 0 Å². The molecule has 0 aliphatic carbocycles. The summed E-state index contributed by atoms with van der Waals surface area (Å²) < 4.78 is 0. The molecule has 0 aliphatic rings. The van der Waals surface area contributed by atoms with Crippen molar-refractivity contribution in [2.75, 3.05) is 12.4 Å². The van der Waals surface area contributed by atoms with Gasteiger partial charge < -0.3 is 5.32 Å². The van der Waals surface area contributed by atoms with Gasteiger partial charge in [0, 0.05) is 19.4 Å². The summed E-state index contributed by atoms with van der Waals surface area (Å²) in [5.41, 5.74) is 1.68. The third kappa shape index (κ3) is 1.69. The average Bonchev–Trinajstić information content (AvgIpc) is 2.30. The van der Waals surface area contributed by atoms with Crippen molar-refractivity contribution >= 4 is 5.95 Å². The van der Waals surface area contributed by atoms with Crippen molar-refractivity contribution in [1.82, 2.24) is 15.0 Å². The highest BCUT2D eigenvalue weighted by Gasteiger charge is 2.00. The van der Waals surface area contributed by atoms with E-state index in [1.54, 1.807) is 19.4 Å². The zero-order valence-corrected chi connectivity index (χ0v) is 7.81. The molecule has 2 rings (SSSR count). The van der Waals surface area contributed by atoms with Crippen LogP contribution in [0, 0.1) is 0 Å². The number of pyridine rings is 1. The SMILES string of the molecule is CNc1nccc(-c2ccccn2)n1. The lowest BCUT2D eigenvalue weighted by atomic mass is 10.3. The van der Waals surface area contributed by atoms with E-state index in [0.717, 1.165) is 11.4 Å². The Morgan fingerprint density at radius 2 is 1.93 bits per heavy atom. The van der Waals surface area contributed by atoms with Gasteiger partial charge in [-0.3, -0.25) is 4.98 Å². The largest absolute Gasteiger partial charge is 0.357 e. The fourth-order valence-corrected chi connectivity index (χ4v) is 1.14. The van der Waals surface area contributed by atoms with Crippen LogP contribution in [0.1, 0.15) is 0 Å². The summed E-state index contributed by atoms with van der Waals surface area (Å²) in [7, 11) is 1.79. The molecular weight excluding hydrogens is 176 g/mol. The molecule has 14 heavy (non-hydrogen) atoms. The van der Waals surface area contributed by atoms with Crippen LogP contribution in [0.25, 0.3) is 11.4 Å². The first kappa shape index (κ1) is 8.62. The Balaban J connectivity index is 2.42. The highest BCUT2D eigenvalue weighted by Crippen LogP contribution is 2.13. The van der Waals surface area contributed by atoms with E-state index >= 15 is 0 Å². The molecule has 70 valence electrons. The average molecular weight is 186 g/mol. The second-order valence-corrected chi connectivity index (χ2v) is 2.73. The second kappa shape index (κ2) is 3.83. The minimum atomic E-state index is 0.605. The van der Waals surface area contributed by atoms with Crippen molar-refractivity contribution in [2.45, 2.75) is 0 Å². The lowest BCUT2D eigenvalue weighted by Crippen LogP contribution is -1.97. The van der Waals surface area contributed by atoms with Crippen molar-refractivity contribution in [3.05, 3.63) is 36.7 Å². The number of aromatic nitrogens is 3. The standard InChI is InChI=1S/C10H10N4/c1-11-10-13-7-5-9(14-10)8-4-2-3-6-12-8/h2-7H,1H3,(H,11,13,14). The Hall–Kier alpha value is -1.97. The topological polar surface area (TPSA) is 50.7 Å². The Labute approximate surface area is 82.1 Å². The highest BCUT2D eigenvalue weighted by molar-refractivity contribution is 5.54. The number of rotatable bonds is 2. The quantitative estimate of drug-likeness (QED) is 0.773. The van der Waals surface area contributed by atoms with Gasteiger partial charge in [0.05, 0.1) is 11.4 Å². The molecule has 2 aromatic heterocycles. The molecule has 0 amide bonds. The van der Waals surface area contributed by atoms with E-state index in [2.05, 4.69) is 20.3 Å². The fraction of sp³-hybridized carbons (Fsp3) is 0.100. The molecule has 4 nitrogen and oxygen atoms in total. The molecule has 0 atom stereocenters. The lowest BCUT2D eigenvalue weighted by molar-refractivity contribution is 1.14. The van der Waals surface area contributed by atoms with Crippen LogP contribution in [0.15, 0.2) is 36.7 Å². The van der Waals surface area contributed by atoms with Crippen molar-refractivity contribution in [2.24, 2.45) is 0 Å². The first-order valence-corrected chi connectivity index (χ1v) is 4.32. The molecule has 4 heteroatoms. The first-order chi connectivity index (χ1) is 6.90. The molecule has 0 spiro atoms. The van der Waals surface area contributed by atoms with E-state index in [-0.39, 0.29) is 0 Å². The number of hydrogen-bond donors (Lipinski definition) is 1. The van der Waals surface area contributed by atoms with Crippen LogP contribution < -0.4 is 5.32 Å². The second-order valence-electron chi connectivity index (χ2n) is 2.73. The molecule has 2 aromatic rings.